The maximum atomic E-state index is 4.60. The Balaban J connectivity index is 1.89. The lowest BCUT2D eigenvalue weighted by Crippen LogP contribution is -2.29. The minimum atomic E-state index is 0.339. The van der Waals surface area contributed by atoms with Gasteiger partial charge in [0.15, 0.2) is 0 Å². The quantitative estimate of drug-likeness (QED) is 0.815. The van der Waals surface area contributed by atoms with Crippen molar-refractivity contribution in [2.45, 2.75) is 45.6 Å². The summed E-state index contributed by atoms with van der Waals surface area (Å²) in [7, 11) is 2.17. The lowest BCUT2D eigenvalue weighted by molar-refractivity contribution is 0.321. The van der Waals surface area contributed by atoms with Gasteiger partial charge in [0.1, 0.15) is 0 Å². The van der Waals surface area contributed by atoms with E-state index in [4.69, 9.17) is 0 Å². The van der Waals surface area contributed by atoms with E-state index in [0.717, 1.165) is 24.6 Å². The largest absolute Gasteiger partial charge is 0.373 e. The van der Waals surface area contributed by atoms with Crippen LogP contribution in [0.15, 0.2) is 18.3 Å². The van der Waals surface area contributed by atoms with Crippen molar-refractivity contribution in [3.05, 3.63) is 24.0 Å². The molecule has 0 aliphatic heterocycles. The van der Waals surface area contributed by atoms with Crippen molar-refractivity contribution in [3.8, 4) is 0 Å². The fourth-order valence-corrected chi connectivity index (χ4v) is 2.51. The monoisotopic (exact) mass is 261 g/mol. The van der Waals surface area contributed by atoms with Crippen molar-refractivity contribution in [2.24, 2.45) is 5.92 Å². The van der Waals surface area contributed by atoms with E-state index in [1.807, 2.05) is 6.20 Å². The molecule has 1 aromatic heterocycles. The van der Waals surface area contributed by atoms with Crippen LogP contribution in [0.2, 0.25) is 0 Å². The first-order chi connectivity index (χ1) is 9.20. The van der Waals surface area contributed by atoms with Crippen molar-refractivity contribution in [2.75, 3.05) is 25.0 Å². The molecule has 3 nitrogen and oxygen atoms in total. The normalized spacial score (nSPS) is 17.0. The van der Waals surface area contributed by atoms with Crippen LogP contribution < -0.4 is 10.2 Å². The summed E-state index contributed by atoms with van der Waals surface area (Å²) in [4.78, 5) is 6.94. The Bertz CT molecular complexity index is 370. The summed E-state index contributed by atoms with van der Waals surface area (Å²) in [6.45, 7) is 6.58. The van der Waals surface area contributed by atoms with Crippen LogP contribution in [-0.2, 0) is 0 Å². The van der Waals surface area contributed by atoms with E-state index in [0.29, 0.717) is 6.04 Å². The Morgan fingerprint density at radius 3 is 2.74 bits per heavy atom. The number of pyridine rings is 1. The molecule has 106 valence electrons. The van der Waals surface area contributed by atoms with E-state index in [-0.39, 0.29) is 0 Å². The molecular formula is C16H27N3. The van der Waals surface area contributed by atoms with Crippen molar-refractivity contribution >= 4 is 5.69 Å². The molecule has 1 heterocycles. The number of aromatic nitrogens is 1. The second kappa shape index (κ2) is 6.90. The molecule has 1 aliphatic rings. The SMILES string of the molecule is CCCNC(C)c1ccc(N(C)CC2CCC2)cn1. The predicted molar refractivity (Wildman–Crippen MR) is 81.6 cm³/mol. The van der Waals surface area contributed by atoms with E-state index < -0.39 is 0 Å². The maximum Gasteiger partial charge on any atom is 0.0572 e. The highest BCUT2D eigenvalue weighted by Crippen LogP contribution is 2.28. The molecule has 2 rings (SSSR count). The van der Waals surface area contributed by atoms with Crippen LogP contribution in [0.3, 0.4) is 0 Å². The molecule has 19 heavy (non-hydrogen) atoms. The average Bonchev–Trinajstić information content (AvgIpc) is 2.40. The Morgan fingerprint density at radius 1 is 1.42 bits per heavy atom. The third-order valence-corrected chi connectivity index (χ3v) is 4.11. The van der Waals surface area contributed by atoms with Crippen LogP contribution in [-0.4, -0.2) is 25.1 Å². The second-order valence-electron chi connectivity index (χ2n) is 5.79. The standard InChI is InChI=1S/C16H27N3/c1-4-10-17-13(2)16-9-8-15(11-18-16)19(3)12-14-6-5-7-14/h8-9,11,13-14,17H,4-7,10,12H2,1-3H3. The summed E-state index contributed by atoms with van der Waals surface area (Å²) in [6.07, 6.45) is 7.38. The average molecular weight is 261 g/mol. The van der Waals surface area contributed by atoms with Gasteiger partial charge in [-0.05, 0) is 50.8 Å². The van der Waals surface area contributed by atoms with E-state index >= 15 is 0 Å². The highest BCUT2D eigenvalue weighted by molar-refractivity contribution is 5.44. The fraction of sp³-hybridized carbons (Fsp3) is 0.688. The molecule has 0 spiro atoms. The molecule has 1 unspecified atom stereocenters. The zero-order valence-corrected chi connectivity index (χ0v) is 12.5. The van der Waals surface area contributed by atoms with Gasteiger partial charge < -0.3 is 10.2 Å². The van der Waals surface area contributed by atoms with Gasteiger partial charge >= 0.3 is 0 Å². The number of nitrogens with one attached hydrogen (secondary N) is 1. The molecule has 0 saturated heterocycles. The lowest BCUT2D eigenvalue weighted by Gasteiger charge is -2.31. The third kappa shape index (κ3) is 3.93. The molecule has 0 aromatic carbocycles. The van der Waals surface area contributed by atoms with E-state index in [1.54, 1.807) is 0 Å². The van der Waals surface area contributed by atoms with Gasteiger partial charge in [-0.2, -0.15) is 0 Å². The molecule has 1 saturated carbocycles. The molecule has 0 bridgehead atoms. The predicted octanol–water partition coefficient (Wildman–Crippen LogP) is 3.38. The molecule has 0 radical (unpaired) electrons. The molecular weight excluding hydrogens is 234 g/mol. The molecule has 1 aromatic rings. The molecule has 1 N–H and O–H groups in total. The Kier molecular flexibility index (Phi) is 5.20. The van der Waals surface area contributed by atoms with Gasteiger partial charge in [0.2, 0.25) is 0 Å². The van der Waals surface area contributed by atoms with E-state index in [9.17, 15) is 0 Å². The number of rotatable bonds is 7. The summed E-state index contributed by atoms with van der Waals surface area (Å²) >= 11 is 0. The lowest BCUT2D eigenvalue weighted by atomic mass is 9.85. The van der Waals surface area contributed by atoms with Crippen molar-refractivity contribution in [3.63, 3.8) is 0 Å². The zero-order valence-electron chi connectivity index (χ0n) is 12.5. The molecule has 1 aliphatic carbocycles. The van der Waals surface area contributed by atoms with Crippen LogP contribution >= 0.6 is 0 Å². The number of hydrogen-bond donors (Lipinski definition) is 1. The fourth-order valence-electron chi connectivity index (χ4n) is 2.51. The number of hydrogen-bond acceptors (Lipinski definition) is 3. The first-order valence-electron chi connectivity index (χ1n) is 7.61. The highest BCUT2D eigenvalue weighted by atomic mass is 15.1. The van der Waals surface area contributed by atoms with Gasteiger partial charge in [-0.15, -0.1) is 0 Å². The summed E-state index contributed by atoms with van der Waals surface area (Å²) in [5.41, 5.74) is 2.37. The van der Waals surface area contributed by atoms with Gasteiger partial charge in [0.05, 0.1) is 17.6 Å². The van der Waals surface area contributed by atoms with Gasteiger partial charge in [0, 0.05) is 19.6 Å². The minimum Gasteiger partial charge on any atom is -0.373 e. The summed E-state index contributed by atoms with van der Waals surface area (Å²) < 4.78 is 0. The van der Waals surface area contributed by atoms with Gasteiger partial charge in [-0.1, -0.05) is 13.3 Å². The first kappa shape index (κ1) is 14.3. The molecule has 1 fully saturated rings. The van der Waals surface area contributed by atoms with Crippen LogP contribution in [0.5, 0.6) is 0 Å². The zero-order chi connectivity index (χ0) is 13.7. The van der Waals surface area contributed by atoms with Gasteiger partial charge in [0.25, 0.3) is 0 Å². The van der Waals surface area contributed by atoms with Crippen molar-refractivity contribution in [1.82, 2.24) is 10.3 Å². The van der Waals surface area contributed by atoms with Crippen LogP contribution in [0.4, 0.5) is 5.69 Å². The smallest absolute Gasteiger partial charge is 0.0572 e. The van der Waals surface area contributed by atoms with E-state index in [1.165, 1.54) is 31.5 Å². The van der Waals surface area contributed by atoms with Crippen LogP contribution in [0.1, 0.15) is 51.3 Å². The Morgan fingerprint density at radius 2 is 2.21 bits per heavy atom. The van der Waals surface area contributed by atoms with Crippen LogP contribution in [0, 0.1) is 5.92 Å². The molecule has 0 amide bonds. The Labute approximate surface area is 117 Å². The van der Waals surface area contributed by atoms with Crippen molar-refractivity contribution in [1.29, 1.82) is 0 Å². The Hall–Kier alpha value is -1.09. The van der Waals surface area contributed by atoms with E-state index in [2.05, 4.69) is 48.2 Å². The van der Waals surface area contributed by atoms with Crippen molar-refractivity contribution < 1.29 is 0 Å². The number of nitrogens with zero attached hydrogens (tertiary/aromatic N) is 2. The summed E-state index contributed by atoms with van der Waals surface area (Å²) in [5, 5.41) is 3.47. The maximum absolute atomic E-state index is 4.60. The van der Waals surface area contributed by atoms with Crippen LogP contribution in [0.25, 0.3) is 0 Å². The minimum absolute atomic E-state index is 0.339. The first-order valence-corrected chi connectivity index (χ1v) is 7.61. The topological polar surface area (TPSA) is 28.2 Å². The second-order valence-corrected chi connectivity index (χ2v) is 5.79. The molecule has 3 heteroatoms. The highest BCUT2D eigenvalue weighted by Gasteiger charge is 2.19. The number of anilines is 1. The summed E-state index contributed by atoms with van der Waals surface area (Å²) in [5.74, 6) is 0.898. The third-order valence-electron chi connectivity index (χ3n) is 4.11. The summed E-state index contributed by atoms with van der Waals surface area (Å²) in [6, 6.07) is 4.69. The van der Waals surface area contributed by atoms with Gasteiger partial charge in [-0.25, -0.2) is 0 Å². The van der Waals surface area contributed by atoms with Gasteiger partial charge in [-0.3, -0.25) is 4.98 Å². The molecule has 1 atom stereocenters.